The summed E-state index contributed by atoms with van der Waals surface area (Å²) in [5.41, 5.74) is 0.0663. The van der Waals surface area contributed by atoms with Gasteiger partial charge in [0.2, 0.25) is 0 Å². The number of carbonyl (C=O) groups is 2. The van der Waals surface area contributed by atoms with Crippen LogP contribution in [0.2, 0.25) is 0 Å². The van der Waals surface area contributed by atoms with Gasteiger partial charge in [0.15, 0.2) is 0 Å². The molecule has 2 rings (SSSR count). The van der Waals surface area contributed by atoms with E-state index in [-0.39, 0.29) is 24.3 Å². The molecule has 0 saturated carbocycles. The van der Waals surface area contributed by atoms with Crippen molar-refractivity contribution in [3.05, 3.63) is 76.9 Å². The zero-order valence-electron chi connectivity index (χ0n) is 13.6. The second-order valence-corrected chi connectivity index (χ2v) is 5.35. The van der Waals surface area contributed by atoms with Crippen molar-refractivity contribution in [1.82, 2.24) is 5.32 Å². The molecule has 0 radical (unpaired) electrons. The summed E-state index contributed by atoms with van der Waals surface area (Å²) in [6, 6.07) is 12.1. The van der Waals surface area contributed by atoms with E-state index in [1.54, 1.807) is 0 Å². The van der Waals surface area contributed by atoms with Gasteiger partial charge in [0, 0.05) is 12.1 Å². The summed E-state index contributed by atoms with van der Waals surface area (Å²) >= 11 is 0. The first-order valence-electron chi connectivity index (χ1n) is 7.67. The number of hydrogen-bond acceptors (Lipinski definition) is 3. The van der Waals surface area contributed by atoms with Crippen molar-refractivity contribution in [3.63, 3.8) is 0 Å². The van der Waals surface area contributed by atoms with Gasteiger partial charge >= 0.3 is 12.3 Å². The molecule has 0 heterocycles. The number of benzene rings is 2. The van der Waals surface area contributed by atoms with E-state index in [4.69, 9.17) is 4.74 Å². The minimum absolute atomic E-state index is 0.0697. The minimum atomic E-state index is -4.54. The van der Waals surface area contributed by atoms with Crippen molar-refractivity contribution >= 4 is 18.5 Å². The minimum Gasteiger partial charge on any atom is -0.445 e. The van der Waals surface area contributed by atoms with Crippen LogP contribution in [0.15, 0.2) is 54.6 Å². The number of nitrogens with one attached hydrogen (secondary N) is 1. The van der Waals surface area contributed by atoms with E-state index in [0.717, 1.165) is 17.7 Å². The number of amides is 1. The van der Waals surface area contributed by atoms with Crippen molar-refractivity contribution < 1.29 is 27.5 Å². The van der Waals surface area contributed by atoms with Crippen LogP contribution in [0.25, 0.3) is 6.08 Å². The average Bonchev–Trinajstić information content (AvgIpc) is 2.63. The standard InChI is InChI=1S/C19H16F3NO3/c20-19(21,22)17-10-15(9-16(11-17)12-24)7-4-8-23-18(25)26-13-14-5-2-1-3-6-14/h1-7,9-12H,8,13H2,(H,23,25). The van der Waals surface area contributed by atoms with E-state index in [1.165, 1.54) is 18.2 Å². The van der Waals surface area contributed by atoms with Crippen LogP contribution in [0.5, 0.6) is 0 Å². The summed E-state index contributed by atoms with van der Waals surface area (Å²) in [7, 11) is 0. The lowest BCUT2D eigenvalue weighted by Crippen LogP contribution is -2.24. The number of alkyl carbamates (subject to hydrolysis) is 1. The summed E-state index contributed by atoms with van der Waals surface area (Å²) in [5.74, 6) is 0. The molecular formula is C19H16F3NO3. The van der Waals surface area contributed by atoms with E-state index < -0.39 is 17.8 Å². The number of aldehydes is 1. The van der Waals surface area contributed by atoms with E-state index in [2.05, 4.69) is 5.32 Å². The van der Waals surface area contributed by atoms with Gasteiger partial charge in [-0.1, -0.05) is 42.5 Å². The predicted octanol–water partition coefficient (Wildman–Crippen LogP) is 4.46. The van der Waals surface area contributed by atoms with Crippen molar-refractivity contribution in [2.45, 2.75) is 12.8 Å². The molecule has 0 unspecified atom stereocenters. The molecule has 0 spiro atoms. The molecule has 0 fully saturated rings. The Morgan fingerprint density at radius 3 is 2.42 bits per heavy atom. The first-order valence-corrected chi connectivity index (χ1v) is 7.67. The summed E-state index contributed by atoms with van der Waals surface area (Å²) in [5, 5.41) is 2.46. The predicted molar refractivity (Wildman–Crippen MR) is 90.5 cm³/mol. The Labute approximate surface area is 148 Å². The fourth-order valence-electron chi connectivity index (χ4n) is 2.12. The van der Waals surface area contributed by atoms with Crippen molar-refractivity contribution in [2.24, 2.45) is 0 Å². The highest BCUT2D eigenvalue weighted by Crippen LogP contribution is 2.30. The van der Waals surface area contributed by atoms with Gasteiger partial charge < -0.3 is 10.1 Å². The van der Waals surface area contributed by atoms with E-state index >= 15 is 0 Å². The molecule has 0 saturated heterocycles. The molecule has 26 heavy (non-hydrogen) atoms. The molecule has 0 aliphatic rings. The molecule has 1 N–H and O–H groups in total. The lowest BCUT2D eigenvalue weighted by molar-refractivity contribution is -0.137. The van der Waals surface area contributed by atoms with Gasteiger partial charge in [0.25, 0.3) is 0 Å². The third kappa shape index (κ3) is 6.08. The molecule has 0 aliphatic heterocycles. The smallest absolute Gasteiger partial charge is 0.416 e. The van der Waals surface area contributed by atoms with Crippen molar-refractivity contribution in [1.29, 1.82) is 0 Å². The van der Waals surface area contributed by atoms with Crippen LogP contribution in [-0.2, 0) is 17.5 Å². The first kappa shape index (κ1) is 19.2. The topological polar surface area (TPSA) is 55.4 Å². The lowest BCUT2D eigenvalue weighted by atomic mass is 10.1. The van der Waals surface area contributed by atoms with Crippen molar-refractivity contribution in [3.8, 4) is 0 Å². The van der Waals surface area contributed by atoms with E-state index in [9.17, 15) is 22.8 Å². The van der Waals surface area contributed by atoms with Gasteiger partial charge in [0.1, 0.15) is 12.9 Å². The summed E-state index contributed by atoms with van der Waals surface area (Å²) in [6.45, 7) is 0.188. The second kappa shape index (κ2) is 8.84. The van der Waals surface area contributed by atoms with Crippen LogP contribution in [0.4, 0.5) is 18.0 Å². The highest BCUT2D eigenvalue weighted by atomic mass is 19.4. The largest absolute Gasteiger partial charge is 0.445 e. The molecule has 0 atom stereocenters. The van der Waals surface area contributed by atoms with Gasteiger partial charge in [0.05, 0.1) is 5.56 Å². The molecular weight excluding hydrogens is 347 g/mol. The third-order valence-electron chi connectivity index (χ3n) is 3.33. The number of rotatable bonds is 6. The van der Waals surface area contributed by atoms with Crippen LogP contribution in [0, 0.1) is 0 Å². The Hall–Kier alpha value is -3.09. The summed E-state index contributed by atoms with van der Waals surface area (Å²) in [6.07, 6.45) is -1.98. The van der Waals surface area contributed by atoms with Crippen LogP contribution in [0.3, 0.4) is 0 Å². The molecule has 136 valence electrons. The van der Waals surface area contributed by atoms with Gasteiger partial charge in [-0.15, -0.1) is 0 Å². The van der Waals surface area contributed by atoms with Crippen LogP contribution in [0.1, 0.15) is 27.0 Å². The normalized spacial score (nSPS) is 11.3. The maximum Gasteiger partial charge on any atom is 0.416 e. The Balaban J connectivity index is 1.88. The number of hydrogen-bond donors (Lipinski definition) is 1. The molecule has 2 aromatic carbocycles. The van der Waals surface area contributed by atoms with Gasteiger partial charge in [-0.2, -0.15) is 13.2 Å². The highest BCUT2D eigenvalue weighted by Gasteiger charge is 2.30. The summed E-state index contributed by atoms with van der Waals surface area (Å²) in [4.78, 5) is 22.3. The first-order chi connectivity index (χ1) is 12.4. The van der Waals surface area contributed by atoms with Crippen LogP contribution < -0.4 is 5.32 Å². The Bertz CT molecular complexity index is 786. The van der Waals surface area contributed by atoms with Crippen LogP contribution in [-0.4, -0.2) is 18.9 Å². The fourth-order valence-corrected chi connectivity index (χ4v) is 2.12. The SMILES string of the molecule is O=Cc1cc(C=CCNC(=O)OCc2ccccc2)cc(C(F)(F)F)c1. The van der Waals surface area contributed by atoms with Crippen LogP contribution >= 0.6 is 0 Å². The van der Waals surface area contributed by atoms with Gasteiger partial charge in [-0.25, -0.2) is 4.79 Å². The number of carbonyl (C=O) groups excluding carboxylic acids is 2. The van der Waals surface area contributed by atoms with E-state index in [1.807, 2.05) is 30.3 Å². The number of halogens is 3. The maximum atomic E-state index is 12.8. The highest BCUT2D eigenvalue weighted by molar-refractivity contribution is 5.77. The third-order valence-corrected chi connectivity index (χ3v) is 3.33. The average molecular weight is 363 g/mol. The zero-order chi connectivity index (χ0) is 19.0. The number of alkyl halides is 3. The summed E-state index contributed by atoms with van der Waals surface area (Å²) < 4.78 is 43.4. The molecule has 0 aliphatic carbocycles. The molecule has 2 aromatic rings. The molecule has 4 nitrogen and oxygen atoms in total. The number of ether oxygens (including phenoxy) is 1. The molecule has 0 aromatic heterocycles. The molecule has 0 bridgehead atoms. The Morgan fingerprint density at radius 1 is 1.08 bits per heavy atom. The zero-order valence-corrected chi connectivity index (χ0v) is 13.6. The second-order valence-electron chi connectivity index (χ2n) is 5.35. The molecule has 1 amide bonds. The monoisotopic (exact) mass is 363 g/mol. The maximum absolute atomic E-state index is 12.8. The lowest BCUT2D eigenvalue weighted by Gasteiger charge is -2.08. The van der Waals surface area contributed by atoms with Gasteiger partial charge in [-0.05, 0) is 29.3 Å². The molecule has 7 heteroatoms. The fraction of sp³-hybridized carbons (Fsp3) is 0.158. The van der Waals surface area contributed by atoms with Crippen molar-refractivity contribution in [2.75, 3.05) is 6.54 Å². The van der Waals surface area contributed by atoms with E-state index in [0.29, 0.717) is 6.29 Å². The Kier molecular flexibility index (Phi) is 6.54. The van der Waals surface area contributed by atoms with Gasteiger partial charge in [-0.3, -0.25) is 4.79 Å². The quantitative estimate of drug-likeness (QED) is 0.771. The Morgan fingerprint density at radius 2 is 1.77 bits per heavy atom.